The van der Waals surface area contributed by atoms with Crippen molar-refractivity contribution in [2.45, 2.75) is 45.7 Å². The first kappa shape index (κ1) is 15.4. The molecule has 1 unspecified atom stereocenters. The molecule has 2 heterocycles. The molecular formula is C12H23N5O2S. The van der Waals surface area contributed by atoms with Crippen molar-refractivity contribution >= 4 is 9.84 Å². The lowest BCUT2D eigenvalue weighted by Gasteiger charge is -2.24. The van der Waals surface area contributed by atoms with Gasteiger partial charge in [-0.1, -0.05) is 13.8 Å². The average Bonchev–Trinajstić information content (AvgIpc) is 2.85. The molecule has 0 aromatic carbocycles. The summed E-state index contributed by atoms with van der Waals surface area (Å²) in [4.78, 5) is 0. The fourth-order valence-corrected chi connectivity index (χ4v) is 3.84. The van der Waals surface area contributed by atoms with E-state index in [-0.39, 0.29) is 23.6 Å². The van der Waals surface area contributed by atoms with Crippen LogP contribution in [0.25, 0.3) is 0 Å². The highest BCUT2D eigenvalue weighted by atomic mass is 32.2. The Balaban J connectivity index is 2.05. The van der Waals surface area contributed by atoms with Crippen molar-refractivity contribution in [2.24, 2.45) is 5.92 Å². The Labute approximate surface area is 120 Å². The molecule has 1 aromatic rings. The lowest BCUT2D eigenvalue weighted by Crippen LogP contribution is -2.30. The second-order valence-corrected chi connectivity index (χ2v) is 8.19. The second kappa shape index (κ2) is 6.17. The Morgan fingerprint density at radius 1 is 1.30 bits per heavy atom. The highest BCUT2D eigenvalue weighted by Gasteiger charge is 2.28. The minimum Gasteiger partial charge on any atom is -0.307 e. The minimum absolute atomic E-state index is 0.0610. The van der Waals surface area contributed by atoms with Crippen molar-refractivity contribution in [2.75, 3.05) is 18.1 Å². The zero-order chi connectivity index (χ0) is 14.8. The second-order valence-electron chi connectivity index (χ2n) is 5.89. The van der Waals surface area contributed by atoms with Gasteiger partial charge in [0.15, 0.2) is 5.82 Å². The molecular weight excluding hydrogens is 278 g/mol. The van der Waals surface area contributed by atoms with Crippen molar-refractivity contribution in [1.82, 2.24) is 25.5 Å². The van der Waals surface area contributed by atoms with E-state index in [0.717, 1.165) is 12.4 Å². The van der Waals surface area contributed by atoms with E-state index in [9.17, 15) is 8.42 Å². The molecule has 0 saturated carbocycles. The molecule has 1 atom stereocenters. The Morgan fingerprint density at radius 2 is 1.95 bits per heavy atom. The third-order valence-corrected chi connectivity index (χ3v) is 5.32. The standard InChI is InChI=1S/C12H23N5O2S/c1-9(2)8-13-10(3)12-14-15-16-17(12)11-4-6-20(18,19)7-5-11/h9-11,13H,4-8H2,1-3H3. The Hall–Kier alpha value is -1.02. The summed E-state index contributed by atoms with van der Waals surface area (Å²) < 4.78 is 24.8. The third kappa shape index (κ3) is 3.76. The van der Waals surface area contributed by atoms with E-state index >= 15 is 0 Å². The van der Waals surface area contributed by atoms with Gasteiger partial charge < -0.3 is 5.32 Å². The molecule has 1 N–H and O–H groups in total. The molecule has 1 aliphatic heterocycles. The average molecular weight is 301 g/mol. The molecule has 1 aromatic heterocycles. The van der Waals surface area contributed by atoms with Crippen molar-refractivity contribution in [3.05, 3.63) is 5.82 Å². The number of aromatic nitrogens is 4. The number of nitrogens with zero attached hydrogens (tertiary/aromatic N) is 4. The van der Waals surface area contributed by atoms with Crippen molar-refractivity contribution in [3.8, 4) is 0 Å². The van der Waals surface area contributed by atoms with Crippen LogP contribution >= 0.6 is 0 Å². The third-order valence-electron chi connectivity index (χ3n) is 3.61. The largest absolute Gasteiger partial charge is 0.307 e. The lowest BCUT2D eigenvalue weighted by molar-refractivity contribution is 0.371. The van der Waals surface area contributed by atoms with Gasteiger partial charge in [-0.25, -0.2) is 13.1 Å². The van der Waals surface area contributed by atoms with Crippen LogP contribution in [0.1, 0.15) is 51.5 Å². The van der Waals surface area contributed by atoms with Gasteiger partial charge in [0.25, 0.3) is 0 Å². The van der Waals surface area contributed by atoms with E-state index < -0.39 is 9.84 Å². The summed E-state index contributed by atoms with van der Waals surface area (Å²) in [6, 6.07) is 0.151. The zero-order valence-corrected chi connectivity index (χ0v) is 13.1. The number of tetrazole rings is 1. The fraction of sp³-hybridized carbons (Fsp3) is 0.917. The van der Waals surface area contributed by atoms with Gasteiger partial charge in [0.05, 0.1) is 23.6 Å². The Morgan fingerprint density at radius 3 is 2.55 bits per heavy atom. The van der Waals surface area contributed by atoms with Crippen LogP contribution in [0.4, 0.5) is 0 Å². The maximum Gasteiger partial charge on any atom is 0.168 e. The van der Waals surface area contributed by atoms with Crippen molar-refractivity contribution in [3.63, 3.8) is 0 Å². The fourth-order valence-electron chi connectivity index (χ4n) is 2.37. The predicted molar refractivity (Wildman–Crippen MR) is 76.0 cm³/mol. The summed E-state index contributed by atoms with van der Waals surface area (Å²) >= 11 is 0. The molecule has 8 heteroatoms. The molecule has 1 aliphatic rings. The van der Waals surface area contributed by atoms with E-state index in [2.05, 4.69) is 34.7 Å². The van der Waals surface area contributed by atoms with Gasteiger partial charge in [0, 0.05) is 0 Å². The molecule has 0 radical (unpaired) electrons. The van der Waals surface area contributed by atoms with Crippen LogP contribution in [0.5, 0.6) is 0 Å². The van der Waals surface area contributed by atoms with Crippen LogP contribution in [0, 0.1) is 5.92 Å². The van der Waals surface area contributed by atoms with E-state index in [1.807, 2.05) is 6.92 Å². The van der Waals surface area contributed by atoms with Gasteiger partial charge in [0.2, 0.25) is 0 Å². The molecule has 1 saturated heterocycles. The van der Waals surface area contributed by atoms with Gasteiger partial charge in [-0.15, -0.1) is 5.10 Å². The van der Waals surface area contributed by atoms with Crippen molar-refractivity contribution < 1.29 is 8.42 Å². The summed E-state index contributed by atoms with van der Waals surface area (Å²) in [7, 11) is -2.86. The number of hydrogen-bond donors (Lipinski definition) is 1. The van der Waals surface area contributed by atoms with Crippen LogP contribution in [-0.4, -0.2) is 46.7 Å². The first-order chi connectivity index (χ1) is 9.39. The van der Waals surface area contributed by atoms with Crippen LogP contribution in [0.2, 0.25) is 0 Å². The normalized spacial score (nSPS) is 21.2. The summed E-state index contributed by atoms with van der Waals surface area (Å²) in [5, 5.41) is 15.3. The quantitative estimate of drug-likeness (QED) is 0.862. The summed E-state index contributed by atoms with van der Waals surface area (Å²) in [6.45, 7) is 7.22. The highest BCUT2D eigenvalue weighted by molar-refractivity contribution is 7.91. The van der Waals surface area contributed by atoms with E-state index in [4.69, 9.17) is 0 Å². The molecule has 20 heavy (non-hydrogen) atoms. The molecule has 2 rings (SSSR count). The summed E-state index contributed by atoms with van der Waals surface area (Å²) in [5.41, 5.74) is 0. The van der Waals surface area contributed by atoms with Crippen molar-refractivity contribution in [1.29, 1.82) is 0 Å². The highest BCUT2D eigenvalue weighted by Crippen LogP contribution is 2.25. The predicted octanol–water partition coefficient (Wildman–Crippen LogP) is 0.729. The van der Waals surface area contributed by atoms with Gasteiger partial charge in [0.1, 0.15) is 9.84 Å². The minimum atomic E-state index is -2.86. The van der Waals surface area contributed by atoms with Gasteiger partial charge in [-0.2, -0.15) is 0 Å². The number of hydrogen-bond acceptors (Lipinski definition) is 6. The summed E-state index contributed by atoms with van der Waals surface area (Å²) in [6.07, 6.45) is 1.19. The monoisotopic (exact) mass is 301 g/mol. The molecule has 1 fully saturated rings. The van der Waals surface area contributed by atoms with Gasteiger partial charge in [-0.3, -0.25) is 0 Å². The maximum atomic E-state index is 11.5. The maximum absolute atomic E-state index is 11.5. The molecule has 114 valence electrons. The molecule has 0 spiro atoms. The zero-order valence-electron chi connectivity index (χ0n) is 12.3. The summed E-state index contributed by atoms with van der Waals surface area (Å²) in [5.74, 6) is 1.80. The molecule has 0 aliphatic carbocycles. The van der Waals surface area contributed by atoms with E-state index in [0.29, 0.717) is 18.8 Å². The number of nitrogens with one attached hydrogen (secondary N) is 1. The number of sulfone groups is 1. The van der Waals surface area contributed by atoms with Gasteiger partial charge in [-0.05, 0) is 42.7 Å². The SMILES string of the molecule is CC(C)CNC(C)c1nnnn1C1CCS(=O)(=O)CC1. The molecule has 0 amide bonds. The topological polar surface area (TPSA) is 89.8 Å². The number of rotatable bonds is 5. The van der Waals surface area contributed by atoms with E-state index in [1.165, 1.54) is 0 Å². The smallest absolute Gasteiger partial charge is 0.168 e. The molecule has 0 bridgehead atoms. The van der Waals surface area contributed by atoms with Crippen LogP contribution in [0.15, 0.2) is 0 Å². The molecule has 7 nitrogen and oxygen atoms in total. The van der Waals surface area contributed by atoms with Crippen LogP contribution in [-0.2, 0) is 9.84 Å². The Kier molecular flexibility index (Phi) is 4.74. The first-order valence-electron chi connectivity index (χ1n) is 7.10. The Bertz CT molecular complexity index is 526. The van der Waals surface area contributed by atoms with E-state index in [1.54, 1.807) is 4.68 Å². The lowest BCUT2D eigenvalue weighted by atomic mass is 10.1. The first-order valence-corrected chi connectivity index (χ1v) is 8.93. The van der Waals surface area contributed by atoms with Crippen LogP contribution < -0.4 is 5.32 Å². The van der Waals surface area contributed by atoms with Gasteiger partial charge >= 0.3 is 0 Å². The van der Waals surface area contributed by atoms with Crippen LogP contribution in [0.3, 0.4) is 0 Å².